The normalized spacial score (nSPS) is 14.2. The summed E-state index contributed by atoms with van der Waals surface area (Å²) in [5.74, 6) is 1.88. The Morgan fingerprint density at radius 1 is 1.06 bits per heavy atom. The van der Waals surface area contributed by atoms with Crippen LogP contribution >= 0.6 is 24.0 Å². The minimum Gasteiger partial charge on any atom is -0.497 e. The van der Waals surface area contributed by atoms with E-state index >= 15 is 0 Å². The summed E-state index contributed by atoms with van der Waals surface area (Å²) >= 11 is 0. The van der Waals surface area contributed by atoms with Crippen molar-refractivity contribution in [2.45, 2.75) is 33.2 Å². The molecule has 3 rings (SSSR count). The quantitative estimate of drug-likeness (QED) is 0.235. The molecule has 1 aromatic heterocycles. The molecule has 0 amide bonds. The summed E-state index contributed by atoms with van der Waals surface area (Å²) in [6.07, 6.45) is 1.90. The first-order chi connectivity index (χ1) is 15.1. The third-order valence-corrected chi connectivity index (χ3v) is 5.67. The molecular formula is C24H36IN5O2. The largest absolute Gasteiger partial charge is 0.497 e. The van der Waals surface area contributed by atoms with Crippen molar-refractivity contribution in [1.82, 2.24) is 14.8 Å². The van der Waals surface area contributed by atoms with Gasteiger partial charge in [0.2, 0.25) is 0 Å². The Morgan fingerprint density at radius 2 is 1.78 bits per heavy atom. The zero-order chi connectivity index (χ0) is 22.1. The number of methoxy groups -OCH3 is 1. The van der Waals surface area contributed by atoms with E-state index in [0.717, 1.165) is 76.1 Å². The van der Waals surface area contributed by atoms with Crippen LogP contribution in [0.5, 0.6) is 5.75 Å². The van der Waals surface area contributed by atoms with Gasteiger partial charge in [-0.25, -0.2) is 0 Å². The summed E-state index contributed by atoms with van der Waals surface area (Å²) in [6.45, 7) is 10.3. The number of anilines is 1. The van der Waals surface area contributed by atoms with Gasteiger partial charge in [-0.2, -0.15) is 0 Å². The zero-order valence-corrected chi connectivity index (χ0v) is 21.7. The maximum Gasteiger partial charge on any atom is 0.250 e. The average Bonchev–Trinajstić information content (AvgIpc) is 2.80. The fourth-order valence-electron chi connectivity index (χ4n) is 3.87. The van der Waals surface area contributed by atoms with Crippen LogP contribution in [-0.2, 0) is 6.54 Å². The number of hydrogen-bond acceptors (Lipinski definition) is 4. The van der Waals surface area contributed by atoms with E-state index in [9.17, 15) is 4.79 Å². The Hall–Kier alpha value is -2.23. The summed E-state index contributed by atoms with van der Waals surface area (Å²) in [5.41, 5.74) is 2.32. The number of aromatic nitrogens is 1. The van der Waals surface area contributed by atoms with Gasteiger partial charge in [0.1, 0.15) is 5.75 Å². The second-order valence-electron chi connectivity index (χ2n) is 7.77. The lowest BCUT2D eigenvalue weighted by atomic mass is 10.2. The Labute approximate surface area is 208 Å². The van der Waals surface area contributed by atoms with Gasteiger partial charge in [0, 0.05) is 63.3 Å². The Bertz CT molecular complexity index is 905. The molecule has 0 unspecified atom stereocenters. The van der Waals surface area contributed by atoms with Crippen molar-refractivity contribution in [3.8, 4) is 5.75 Å². The number of nitrogens with one attached hydrogen (secondary N) is 1. The van der Waals surface area contributed by atoms with Gasteiger partial charge < -0.3 is 24.4 Å². The summed E-state index contributed by atoms with van der Waals surface area (Å²) in [6, 6.07) is 13.7. The van der Waals surface area contributed by atoms with Crippen LogP contribution in [0.25, 0.3) is 0 Å². The first kappa shape index (κ1) is 26.0. The van der Waals surface area contributed by atoms with E-state index in [4.69, 9.17) is 9.73 Å². The molecule has 32 heavy (non-hydrogen) atoms. The minimum atomic E-state index is 0. The van der Waals surface area contributed by atoms with Crippen molar-refractivity contribution >= 4 is 35.6 Å². The number of rotatable bonds is 8. The number of hydrogen-bond donors (Lipinski definition) is 1. The predicted molar refractivity (Wildman–Crippen MR) is 143 cm³/mol. The van der Waals surface area contributed by atoms with Crippen LogP contribution in [0, 0.1) is 6.92 Å². The van der Waals surface area contributed by atoms with E-state index in [1.54, 1.807) is 13.2 Å². The Balaban J connectivity index is 0.00000363. The second kappa shape index (κ2) is 13.3. The van der Waals surface area contributed by atoms with Crippen LogP contribution in [-0.4, -0.2) is 61.8 Å². The monoisotopic (exact) mass is 553 g/mol. The number of ether oxygens (including phenoxy) is 1. The highest BCUT2D eigenvalue weighted by molar-refractivity contribution is 14.0. The average molecular weight is 553 g/mol. The van der Waals surface area contributed by atoms with Crippen LogP contribution in [0.4, 0.5) is 5.69 Å². The summed E-state index contributed by atoms with van der Waals surface area (Å²) in [5, 5.41) is 3.43. The number of guanidine groups is 1. The standard InChI is InChI=1S/C24H35N5O2.HI/c1-4-25-24(26-14-5-6-15-29-20(2)8-7-9-23(29)30)28-18-16-27(17-19-28)21-10-12-22(31-3)13-11-21;/h7-13H,4-6,14-19H2,1-3H3,(H,25,26);1H. The van der Waals surface area contributed by atoms with Gasteiger partial charge >= 0.3 is 0 Å². The maximum atomic E-state index is 12.0. The molecule has 8 heteroatoms. The SMILES string of the molecule is CCNC(=NCCCCn1c(C)cccc1=O)N1CCN(c2ccc(OC)cc2)CC1.I. The lowest BCUT2D eigenvalue weighted by molar-refractivity contribution is 0.372. The van der Waals surface area contributed by atoms with Crippen molar-refractivity contribution in [1.29, 1.82) is 0 Å². The van der Waals surface area contributed by atoms with E-state index in [2.05, 4.69) is 34.2 Å². The fraction of sp³-hybridized carbons (Fsp3) is 0.500. The van der Waals surface area contributed by atoms with E-state index < -0.39 is 0 Å². The number of halogens is 1. The number of aryl methyl sites for hydroxylation is 1. The lowest BCUT2D eigenvalue weighted by Gasteiger charge is -2.37. The van der Waals surface area contributed by atoms with Gasteiger partial charge in [-0.15, -0.1) is 24.0 Å². The highest BCUT2D eigenvalue weighted by Crippen LogP contribution is 2.20. The summed E-state index contributed by atoms with van der Waals surface area (Å²) in [4.78, 5) is 21.6. The first-order valence-electron chi connectivity index (χ1n) is 11.2. The smallest absolute Gasteiger partial charge is 0.250 e. The number of piperazine rings is 1. The number of benzene rings is 1. The number of unbranched alkanes of at least 4 members (excludes halogenated alkanes) is 1. The van der Waals surface area contributed by atoms with Crippen LogP contribution in [0.2, 0.25) is 0 Å². The van der Waals surface area contributed by atoms with Gasteiger partial charge in [0.05, 0.1) is 7.11 Å². The number of pyridine rings is 1. The van der Waals surface area contributed by atoms with Crippen molar-refractivity contribution in [3.05, 3.63) is 58.5 Å². The number of aliphatic imine (C=N–C) groups is 1. The topological polar surface area (TPSA) is 62.1 Å². The third kappa shape index (κ3) is 7.15. The van der Waals surface area contributed by atoms with Crippen molar-refractivity contribution in [2.24, 2.45) is 4.99 Å². The molecule has 1 aliphatic rings. The molecule has 0 radical (unpaired) electrons. The highest BCUT2D eigenvalue weighted by atomic mass is 127. The molecule has 0 spiro atoms. The maximum absolute atomic E-state index is 12.0. The molecule has 1 aliphatic heterocycles. The van der Waals surface area contributed by atoms with Gasteiger partial charge in [-0.3, -0.25) is 9.79 Å². The molecule has 7 nitrogen and oxygen atoms in total. The van der Waals surface area contributed by atoms with Gasteiger partial charge in [-0.1, -0.05) is 6.07 Å². The van der Waals surface area contributed by atoms with E-state index in [1.807, 2.05) is 35.8 Å². The minimum absolute atomic E-state index is 0. The molecule has 176 valence electrons. The molecule has 1 N–H and O–H groups in total. The Morgan fingerprint density at radius 3 is 2.41 bits per heavy atom. The first-order valence-corrected chi connectivity index (χ1v) is 11.2. The number of nitrogens with zero attached hydrogens (tertiary/aromatic N) is 4. The molecule has 0 atom stereocenters. The van der Waals surface area contributed by atoms with E-state index in [1.165, 1.54) is 5.69 Å². The van der Waals surface area contributed by atoms with Crippen LogP contribution in [0.3, 0.4) is 0 Å². The molecule has 0 bridgehead atoms. The van der Waals surface area contributed by atoms with Crippen LogP contribution < -0.4 is 20.5 Å². The zero-order valence-electron chi connectivity index (χ0n) is 19.4. The molecule has 2 aromatic rings. The highest BCUT2D eigenvalue weighted by Gasteiger charge is 2.19. The van der Waals surface area contributed by atoms with Crippen molar-refractivity contribution in [3.63, 3.8) is 0 Å². The second-order valence-corrected chi connectivity index (χ2v) is 7.77. The van der Waals surface area contributed by atoms with E-state index in [-0.39, 0.29) is 29.5 Å². The van der Waals surface area contributed by atoms with Gasteiger partial charge in [0.25, 0.3) is 5.56 Å². The van der Waals surface area contributed by atoms with Crippen molar-refractivity contribution in [2.75, 3.05) is 51.3 Å². The van der Waals surface area contributed by atoms with Crippen LogP contribution in [0.1, 0.15) is 25.5 Å². The molecule has 1 aromatic carbocycles. The van der Waals surface area contributed by atoms with Gasteiger partial charge in [-0.05, 0) is 57.0 Å². The molecule has 1 saturated heterocycles. The molecule has 1 fully saturated rings. The van der Waals surface area contributed by atoms with Crippen LogP contribution in [0.15, 0.2) is 52.3 Å². The fourth-order valence-corrected chi connectivity index (χ4v) is 3.87. The van der Waals surface area contributed by atoms with Crippen molar-refractivity contribution < 1.29 is 4.74 Å². The lowest BCUT2D eigenvalue weighted by Crippen LogP contribution is -2.52. The van der Waals surface area contributed by atoms with Gasteiger partial charge in [0.15, 0.2) is 5.96 Å². The predicted octanol–water partition coefficient (Wildman–Crippen LogP) is 3.35. The molecule has 0 aliphatic carbocycles. The summed E-state index contributed by atoms with van der Waals surface area (Å²) < 4.78 is 7.10. The Kier molecular flexibility index (Phi) is 10.9. The van der Waals surface area contributed by atoms with E-state index in [0.29, 0.717) is 0 Å². The molecule has 0 saturated carbocycles. The molecule has 2 heterocycles. The molecular weight excluding hydrogens is 517 g/mol. The third-order valence-electron chi connectivity index (χ3n) is 5.67. The summed E-state index contributed by atoms with van der Waals surface area (Å²) in [7, 11) is 1.69.